The number of benzene rings is 2. The van der Waals surface area contributed by atoms with Gasteiger partial charge in [0.25, 0.3) is 11.8 Å². The maximum atomic E-state index is 13.1. The number of rotatable bonds is 8. The van der Waals surface area contributed by atoms with E-state index in [1.165, 1.54) is 21.3 Å². The number of fused-ring (bicyclic) bond motifs is 1. The van der Waals surface area contributed by atoms with Crippen LogP contribution in [0.25, 0.3) is 0 Å². The smallest absolute Gasteiger partial charge is 0.254 e. The van der Waals surface area contributed by atoms with E-state index in [0.717, 1.165) is 13.1 Å². The van der Waals surface area contributed by atoms with Crippen molar-refractivity contribution in [1.29, 1.82) is 0 Å². The molecule has 0 unspecified atom stereocenters. The molecule has 0 saturated carbocycles. The quantitative estimate of drug-likeness (QED) is 0.620. The Morgan fingerprint density at radius 1 is 0.882 bits per heavy atom. The summed E-state index contributed by atoms with van der Waals surface area (Å²) in [4.78, 5) is 29.5. The van der Waals surface area contributed by atoms with Gasteiger partial charge in [-0.05, 0) is 30.3 Å². The average Bonchev–Trinajstić information content (AvgIpc) is 3.35. The summed E-state index contributed by atoms with van der Waals surface area (Å²) in [5.41, 5.74) is 1.02. The molecule has 2 aliphatic rings. The van der Waals surface area contributed by atoms with Crippen molar-refractivity contribution in [2.75, 3.05) is 67.4 Å². The van der Waals surface area contributed by atoms with Crippen LogP contribution in [0.1, 0.15) is 20.7 Å². The third kappa shape index (κ3) is 4.96. The highest BCUT2D eigenvalue weighted by Gasteiger charge is 2.25. The molecule has 0 radical (unpaired) electrons. The molecule has 1 fully saturated rings. The third-order valence-corrected chi connectivity index (χ3v) is 5.92. The van der Waals surface area contributed by atoms with Gasteiger partial charge in [0, 0.05) is 50.4 Å². The molecule has 2 aromatic rings. The molecule has 4 rings (SSSR count). The fourth-order valence-electron chi connectivity index (χ4n) is 4.03. The van der Waals surface area contributed by atoms with Gasteiger partial charge < -0.3 is 33.9 Å². The maximum Gasteiger partial charge on any atom is 0.254 e. The monoisotopic (exact) mass is 471 g/mol. The summed E-state index contributed by atoms with van der Waals surface area (Å²) in [6, 6.07) is 8.48. The Balaban J connectivity index is 1.26. The van der Waals surface area contributed by atoms with Crippen molar-refractivity contribution in [2.24, 2.45) is 0 Å². The molecule has 34 heavy (non-hydrogen) atoms. The molecular weight excluding hydrogens is 442 g/mol. The Hall–Kier alpha value is -3.66. The first kappa shape index (κ1) is 23.5. The summed E-state index contributed by atoms with van der Waals surface area (Å²) >= 11 is 0. The summed E-state index contributed by atoms with van der Waals surface area (Å²) in [6.45, 7) is 3.99. The normalized spacial score (nSPS) is 15.1. The number of carbonyl (C=O) groups excluding carboxylic acids is 2. The van der Waals surface area contributed by atoms with E-state index in [2.05, 4.69) is 10.2 Å². The minimum absolute atomic E-state index is 0.0880. The SMILES string of the molecule is COc1cc(C(=O)N2CCN(CCNC(=O)c3ccc4c(c3)OCO4)CC2)cc(OC)c1OC. The van der Waals surface area contributed by atoms with Crippen molar-refractivity contribution in [3.8, 4) is 28.7 Å². The first-order valence-corrected chi connectivity index (χ1v) is 11.0. The lowest BCUT2D eigenvalue weighted by atomic mass is 10.1. The molecule has 10 nitrogen and oxygen atoms in total. The number of ether oxygens (including phenoxy) is 5. The van der Waals surface area contributed by atoms with Gasteiger partial charge in [-0.3, -0.25) is 14.5 Å². The van der Waals surface area contributed by atoms with Crippen LogP contribution in [0.3, 0.4) is 0 Å². The maximum absolute atomic E-state index is 13.1. The third-order valence-electron chi connectivity index (χ3n) is 5.92. The Morgan fingerprint density at radius 3 is 2.21 bits per heavy atom. The number of hydrogen-bond donors (Lipinski definition) is 1. The van der Waals surface area contributed by atoms with Crippen LogP contribution >= 0.6 is 0 Å². The zero-order valence-electron chi connectivity index (χ0n) is 19.6. The predicted octanol–water partition coefficient (Wildman–Crippen LogP) is 1.63. The van der Waals surface area contributed by atoms with Gasteiger partial charge in [0.05, 0.1) is 21.3 Å². The van der Waals surface area contributed by atoms with Crippen LogP contribution in [0, 0.1) is 0 Å². The molecule has 10 heteroatoms. The number of carbonyl (C=O) groups is 2. The molecule has 1 N–H and O–H groups in total. The lowest BCUT2D eigenvalue weighted by Gasteiger charge is -2.34. The van der Waals surface area contributed by atoms with E-state index in [4.69, 9.17) is 23.7 Å². The summed E-state index contributed by atoms with van der Waals surface area (Å²) < 4.78 is 26.6. The van der Waals surface area contributed by atoms with Crippen molar-refractivity contribution in [3.63, 3.8) is 0 Å². The van der Waals surface area contributed by atoms with Gasteiger partial charge in [0.1, 0.15) is 0 Å². The lowest BCUT2D eigenvalue weighted by molar-refractivity contribution is 0.0637. The second-order valence-electron chi connectivity index (χ2n) is 7.87. The van der Waals surface area contributed by atoms with Gasteiger partial charge in [0.15, 0.2) is 23.0 Å². The number of nitrogens with one attached hydrogen (secondary N) is 1. The van der Waals surface area contributed by atoms with E-state index in [-0.39, 0.29) is 18.6 Å². The summed E-state index contributed by atoms with van der Waals surface area (Å²) in [7, 11) is 4.57. The standard InChI is InChI=1S/C24H29N3O7/c1-30-20-13-17(14-21(31-2)22(20)32-3)24(29)27-10-8-26(9-11-27)7-6-25-23(28)16-4-5-18-19(12-16)34-15-33-18/h4-5,12-14H,6-11,15H2,1-3H3,(H,25,28). The lowest BCUT2D eigenvalue weighted by Crippen LogP contribution is -2.50. The van der Waals surface area contributed by atoms with Crippen molar-refractivity contribution < 1.29 is 33.3 Å². The fourth-order valence-corrected chi connectivity index (χ4v) is 4.03. The second-order valence-corrected chi connectivity index (χ2v) is 7.87. The van der Waals surface area contributed by atoms with E-state index in [1.807, 2.05) is 4.90 Å². The van der Waals surface area contributed by atoms with Gasteiger partial charge in [-0.25, -0.2) is 0 Å². The highest BCUT2D eigenvalue weighted by atomic mass is 16.7. The van der Waals surface area contributed by atoms with Gasteiger partial charge in [-0.1, -0.05) is 0 Å². The average molecular weight is 472 g/mol. The van der Waals surface area contributed by atoms with Crippen molar-refractivity contribution in [3.05, 3.63) is 41.5 Å². The molecule has 1 saturated heterocycles. The molecule has 2 aromatic carbocycles. The van der Waals surface area contributed by atoms with Crippen molar-refractivity contribution >= 4 is 11.8 Å². The molecule has 2 aliphatic heterocycles. The van der Waals surface area contributed by atoms with Crippen molar-refractivity contribution in [2.45, 2.75) is 0 Å². The number of methoxy groups -OCH3 is 3. The first-order valence-electron chi connectivity index (χ1n) is 11.0. The van der Waals surface area contributed by atoms with Crippen LogP contribution in [0.15, 0.2) is 30.3 Å². The van der Waals surface area contributed by atoms with Gasteiger partial charge in [-0.2, -0.15) is 0 Å². The summed E-state index contributed by atoms with van der Waals surface area (Å²) in [5, 5.41) is 2.94. The second kappa shape index (κ2) is 10.5. The predicted molar refractivity (Wildman–Crippen MR) is 123 cm³/mol. The Bertz CT molecular complexity index is 1030. The zero-order valence-corrected chi connectivity index (χ0v) is 19.6. The van der Waals surface area contributed by atoms with Gasteiger partial charge in [-0.15, -0.1) is 0 Å². The number of hydrogen-bond acceptors (Lipinski definition) is 8. The topological polar surface area (TPSA) is 98.8 Å². The van der Waals surface area contributed by atoms with Crippen LogP contribution in [0.5, 0.6) is 28.7 Å². The minimum Gasteiger partial charge on any atom is -0.493 e. The molecule has 2 amide bonds. The highest BCUT2D eigenvalue weighted by Crippen LogP contribution is 2.38. The Morgan fingerprint density at radius 2 is 1.56 bits per heavy atom. The number of amides is 2. The molecular formula is C24H29N3O7. The van der Waals surface area contributed by atoms with E-state index < -0.39 is 0 Å². The molecule has 0 bridgehead atoms. The Kier molecular flexibility index (Phi) is 7.27. The van der Waals surface area contributed by atoms with Crippen LogP contribution in [0.2, 0.25) is 0 Å². The first-order chi connectivity index (χ1) is 16.5. The van der Waals surface area contributed by atoms with Crippen LogP contribution in [0.4, 0.5) is 0 Å². The van der Waals surface area contributed by atoms with E-state index in [0.29, 0.717) is 66.1 Å². The Labute approximate surface area is 198 Å². The molecule has 0 atom stereocenters. The fraction of sp³-hybridized carbons (Fsp3) is 0.417. The highest BCUT2D eigenvalue weighted by molar-refractivity contribution is 5.96. The zero-order chi connectivity index (χ0) is 24.1. The molecule has 0 aliphatic carbocycles. The van der Waals surface area contributed by atoms with Crippen LogP contribution < -0.4 is 29.0 Å². The summed E-state index contributed by atoms with van der Waals surface area (Å²) in [5.74, 6) is 2.33. The molecule has 0 aromatic heterocycles. The summed E-state index contributed by atoms with van der Waals surface area (Å²) in [6.07, 6.45) is 0. The molecule has 182 valence electrons. The molecule has 0 spiro atoms. The number of piperazine rings is 1. The van der Waals surface area contributed by atoms with Gasteiger partial charge >= 0.3 is 0 Å². The van der Waals surface area contributed by atoms with E-state index in [9.17, 15) is 9.59 Å². The number of nitrogens with zero attached hydrogens (tertiary/aromatic N) is 2. The molecule has 2 heterocycles. The van der Waals surface area contributed by atoms with Crippen LogP contribution in [-0.2, 0) is 0 Å². The van der Waals surface area contributed by atoms with Crippen LogP contribution in [-0.4, -0.2) is 89.0 Å². The minimum atomic E-state index is -0.158. The van der Waals surface area contributed by atoms with E-state index in [1.54, 1.807) is 30.3 Å². The van der Waals surface area contributed by atoms with Gasteiger partial charge in [0.2, 0.25) is 12.5 Å². The van der Waals surface area contributed by atoms with Crippen molar-refractivity contribution in [1.82, 2.24) is 15.1 Å². The van der Waals surface area contributed by atoms with E-state index >= 15 is 0 Å². The largest absolute Gasteiger partial charge is 0.493 e.